The quantitative estimate of drug-likeness (QED) is 0.884. The lowest BCUT2D eigenvalue weighted by Crippen LogP contribution is -2.40. The maximum absolute atomic E-state index is 11.6. The second-order valence-electron chi connectivity index (χ2n) is 5.74. The molecule has 6 heteroatoms. The second-order valence-corrected chi connectivity index (χ2v) is 5.74. The molecule has 0 aliphatic carbocycles. The third-order valence-electron chi connectivity index (χ3n) is 2.20. The Balaban J connectivity index is 2.43. The van der Waals surface area contributed by atoms with Crippen LogP contribution in [0.25, 0.3) is 0 Å². The highest BCUT2D eigenvalue weighted by Gasteiger charge is 2.17. The van der Waals surface area contributed by atoms with Crippen molar-refractivity contribution in [2.24, 2.45) is 0 Å². The molecule has 0 aromatic carbocycles. The van der Waals surface area contributed by atoms with E-state index in [1.807, 2.05) is 34.6 Å². The maximum atomic E-state index is 11.6. The number of nitrogens with zero attached hydrogens (tertiary/aromatic N) is 1. The summed E-state index contributed by atoms with van der Waals surface area (Å²) >= 11 is 0. The van der Waals surface area contributed by atoms with E-state index in [1.165, 1.54) is 0 Å². The van der Waals surface area contributed by atoms with E-state index in [9.17, 15) is 4.79 Å². The van der Waals surface area contributed by atoms with Gasteiger partial charge in [-0.1, -0.05) is 0 Å². The van der Waals surface area contributed by atoms with Crippen LogP contribution >= 0.6 is 0 Å². The van der Waals surface area contributed by atoms with Crippen molar-refractivity contribution < 1.29 is 14.3 Å². The summed E-state index contributed by atoms with van der Waals surface area (Å²) < 4.78 is 10.7. The third-order valence-corrected chi connectivity index (χ3v) is 2.20. The fourth-order valence-electron chi connectivity index (χ4n) is 1.50. The van der Waals surface area contributed by atoms with Crippen LogP contribution in [0.2, 0.25) is 0 Å². The van der Waals surface area contributed by atoms with E-state index >= 15 is 0 Å². The lowest BCUT2D eigenvalue weighted by molar-refractivity contribution is 0.0493. The molecule has 0 fully saturated rings. The van der Waals surface area contributed by atoms with Gasteiger partial charge in [0, 0.05) is 17.4 Å². The predicted octanol–water partition coefficient (Wildman–Crippen LogP) is 2.26. The van der Waals surface area contributed by atoms with E-state index in [0.717, 1.165) is 5.69 Å². The van der Waals surface area contributed by atoms with Gasteiger partial charge < -0.3 is 20.5 Å². The first-order chi connectivity index (χ1) is 9.15. The van der Waals surface area contributed by atoms with Crippen LogP contribution in [0.4, 0.5) is 10.5 Å². The number of alkyl carbamates (subject to hydrolysis) is 1. The average molecular weight is 281 g/mol. The number of aromatic nitrogens is 1. The van der Waals surface area contributed by atoms with Crippen molar-refractivity contribution in [2.45, 2.75) is 46.3 Å². The van der Waals surface area contributed by atoms with E-state index in [-0.39, 0.29) is 12.6 Å². The molecule has 1 atom stereocenters. The molecule has 0 aliphatic rings. The van der Waals surface area contributed by atoms with Crippen molar-refractivity contribution in [1.29, 1.82) is 0 Å². The monoisotopic (exact) mass is 281 g/mol. The molecular weight excluding hydrogens is 258 g/mol. The molecule has 0 saturated heterocycles. The molecule has 0 spiro atoms. The molecule has 3 N–H and O–H groups in total. The summed E-state index contributed by atoms with van der Waals surface area (Å²) in [7, 11) is 0. The Kier molecular flexibility index (Phi) is 5.19. The Bertz CT molecular complexity index is 449. The Morgan fingerprint density at radius 3 is 2.65 bits per heavy atom. The molecule has 1 aromatic rings. The fourth-order valence-corrected chi connectivity index (χ4v) is 1.50. The van der Waals surface area contributed by atoms with Crippen molar-refractivity contribution in [2.75, 3.05) is 12.3 Å². The highest BCUT2D eigenvalue weighted by Crippen LogP contribution is 2.14. The number of nitrogens with one attached hydrogen (secondary N) is 1. The zero-order valence-electron chi connectivity index (χ0n) is 12.7. The first-order valence-electron chi connectivity index (χ1n) is 6.52. The predicted molar refractivity (Wildman–Crippen MR) is 77.7 cm³/mol. The van der Waals surface area contributed by atoms with E-state index in [1.54, 1.807) is 12.1 Å². The molecule has 20 heavy (non-hydrogen) atoms. The van der Waals surface area contributed by atoms with E-state index in [2.05, 4.69) is 10.3 Å². The van der Waals surface area contributed by atoms with Gasteiger partial charge in [-0.2, -0.15) is 0 Å². The highest BCUT2D eigenvalue weighted by atomic mass is 16.6. The minimum Gasteiger partial charge on any atom is -0.475 e. The van der Waals surface area contributed by atoms with E-state index in [4.69, 9.17) is 15.2 Å². The number of amides is 1. The smallest absolute Gasteiger partial charge is 0.407 e. The van der Waals surface area contributed by atoms with Gasteiger partial charge in [0.15, 0.2) is 0 Å². The largest absolute Gasteiger partial charge is 0.475 e. The summed E-state index contributed by atoms with van der Waals surface area (Å²) in [4.78, 5) is 15.8. The number of ether oxygens (including phenoxy) is 2. The zero-order valence-corrected chi connectivity index (χ0v) is 12.7. The maximum Gasteiger partial charge on any atom is 0.407 e. The number of aryl methyl sites for hydroxylation is 1. The minimum atomic E-state index is -0.517. The van der Waals surface area contributed by atoms with Crippen LogP contribution in [0.5, 0.6) is 5.88 Å². The number of carbonyl (C=O) groups is 1. The van der Waals surface area contributed by atoms with Gasteiger partial charge in [0.2, 0.25) is 5.88 Å². The van der Waals surface area contributed by atoms with Gasteiger partial charge >= 0.3 is 6.09 Å². The molecule has 0 saturated carbocycles. The molecule has 1 amide bonds. The molecule has 1 heterocycles. The van der Waals surface area contributed by atoms with Gasteiger partial charge in [0.05, 0.1) is 6.04 Å². The van der Waals surface area contributed by atoms with Crippen molar-refractivity contribution >= 4 is 11.8 Å². The average Bonchev–Trinajstić information content (AvgIpc) is 2.22. The highest BCUT2D eigenvalue weighted by molar-refractivity contribution is 5.68. The normalized spacial score (nSPS) is 12.7. The Labute approximate surface area is 119 Å². The van der Waals surface area contributed by atoms with Crippen LogP contribution in [0, 0.1) is 6.92 Å². The number of carbonyl (C=O) groups excluding carboxylic acids is 1. The summed E-state index contributed by atoms with van der Waals surface area (Å²) in [5.74, 6) is 0.445. The standard InChI is InChI=1S/C14H23N3O3/c1-9-6-11(15)7-12(16-9)19-8-10(2)17-13(18)20-14(3,4)5/h6-7,10H,8H2,1-5H3,(H2,15,16)(H,17,18). The van der Waals surface area contributed by atoms with Crippen molar-refractivity contribution in [3.63, 3.8) is 0 Å². The molecule has 0 radical (unpaired) electrons. The van der Waals surface area contributed by atoms with Gasteiger partial charge in [0.25, 0.3) is 0 Å². The molecule has 6 nitrogen and oxygen atoms in total. The fraction of sp³-hybridized carbons (Fsp3) is 0.571. The van der Waals surface area contributed by atoms with Crippen molar-refractivity contribution in [3.8, 4) is 5.88 Å². The minimum absolute atomic E-state index is 0.201. The van der Waals surface area contributed by atoms with Crippen LogP contribution in [-0.2, 0) is 4.74 Å². The Morgan fingerprint density at radius 2 is 2.10 bits per heavy atom. The van der Waals surface area contributed by atoms with E-state index < -0.39 is 11.7 Å². The van der Waals surface area contributed by atoms with Gasteiger partial charge in [0.1, 0.15) is 12.2 Å². The molecule has 1 unspecified atom stereocenters. The first-order valence-corrected chi connectivity index (χ1v) is 6.52. The lowest BCUT2D eigenvalue weighted by Gasteiger charge is -2.22. The summed E-state index contributed by atoms with van der Waals surface area (Å²) in [5, 5.41) is 2.69. The van der Waals surface area contributed by atoms with Gasteiger partial charge in [-0.25, -0.2) is 9.78 Å². The number of hydrogen-bond acceptors (Lipinski definition) is 5. The topological polar surface area (TPSA) is 86.5 Å². The Hall–Kier alpha value is -1.98. The van der Waals surface area contributed by atoms with Gasteiger partial charge in [-0.15, -0.1) is 0 Å². The first kappa shape index (κ1) is 16.1. The van der Waals surface area contributed by atoms with Crippen molar-refractivity contribution in [1.82, 2.24) is 10.3 Å². The van der Waals surface area contributed by atoms with E-state index in [0.29, 0.717) is 11.6 Å². The zero-order chi connectivity index (χ0) is 15.3. The molecule has 1 rings (SSSR count). The number of anilines is 1. The summed E-state index contributed by atoms with van der Waals surface area (Å²) in [6, 6.07) is 3.20. The molecule has 0 aliphatic heterocycles. The van der Waals surface area contributed by atoms with Crippen LogP contribution in [-0.4, -0.2) is 29.3 Å². The van der Waals surface area contributed by atoms with Crippen LogP contribution < -0.4 is 15.8 Å². The summed E-state index contributed by atoms with van der Waals surface area (Å²) in [6.45, 7) is 9.39. The van der Waals surface area contributed by atoms with Gasteiger partial charge in [-0.05, 0) is 40.7 Å². The van der Waals surface area contributed by atoms with Crippen LogP contribution in [0.3, 0.4) is 0 Å². The molecular formula is C14H23N3O3. The number of pyridine rings is 1. The SMILES string of the molecule is Cc1cc(N)cc(OCC(C)NC(=O)OC(C)(C)C)n1. The number of nitrogen functional groups attached to an aromatic ring is 1. The van der Waals surface area contributed by atoms with Crippen LogP contribution in [0.15, 0.2) is 12.1 Å². The molecule has 0 bridgehead atoms. The van der Waals surface area contributed by atoms with Gasteiger partial charge in [-0.3, -0.25) is 0 Å². The number of nitrogens with two attached hydrogens (primary N) is 1. The number of hydrogen-bond donors (Lipinski definition) is 2. The molecule has 1 aromatic heterocycles. The molecule has 112 valence electrons. The number of rotatable bonds is 4. The van der Waals surface area contributed by atoms with Crippen LogP contribution in [0.1, 0.15) is 33.4 Å². The second kappa shape index (κ2) is 6.45. The Morgan fingerprint density at radius 1 is 1.45 bits per heavy atom. The third kappa shape index (κ3) is 6.26. The summed E-state index contributed by atoms with van der Waals surface area (Å²) in [5.41, 5.74) is 6.57. The van der Waals surface area contributed by atoms with Crippen molar-refractivity contribution in [3.05, 3.63) is 17.8 Å². The lowest BCUT2D eigenvalue weighted by atomic mass is 10.2. The summed E-state index contributed by atoms with van der Waals surface area (Å²) in [6.07, 6.45) is -0.467.